The lowest BCUT2D eigenvalue weighted by molar-refractivity contribution is -0.142. The molecular formula is C7H14O6. The Morgan fingerprint density at radius 3 is 1.69 bits per heavy atom. The van der Waals surface area contributed by atoms with Gasteiger partial charge in [0.2, 0.25) is 0 Å². The van der Waals surface area contributed by atoms with Crippen LogP contribution in [0.4, 0.5) is 0 Å². The number of rotatable bonds is 5. The third kappa shape index (κ3) is 3.37. The number of hydrogen-bond donors (Lipinski definition) is 5. The second-order valence-electron chi connectivity index (χ2n) is 2.84. The largest absolute Gasteiger partial charge is 0.391 e. The van der Waals surface area contributed by atoms with Gasteiger partial charge >= 0.3 is 0 Å². The summed E-state index contributed by atoms with van der Waals surface area (Å²) in [5, 5.41) is 44.7. The molecule has 0 aliphatic heterocycles. The van der Waals surface area contributed by atoms with E-state index < -0.39 is 30.5 Å². The fraction of sp³-hybridized carbons (Fsp3) is 0.857. The van der Waals surface area contributed by atoms with Crippen molar-refractivity contribution < 1.29 is 30.3 Å². The highest BCUT2D eigenvalue weighted by Gasteiger charge is 2.32. The van der Waals surface area contributed by atoms with E-state index in [1.807, 2.05) is 0 Å². The van der Waals surface area contributed by atoms with Gasteiger partial charge in [0.25, 0.3) is 0 Å². The summed E-state index contributed by atoms with van der Waals surface area (Å²) in [5.41, 5.74) is 0. The van der Waals surface area contributed by atoms with Crippen LogP contribution >= 0.6 is 0 Å². The topological polar surface area (TPSA) is 118 Å². The van der Waals surface area contributed by atoms with Crippen molar-refractivity contribution in [1.29, 1.82) is 0 Å². The molecule has 0 fully saturated rings. The van der Waals surface area contributed by atoms with E-state index in [1.165, 1.54) is 6.92 Å². The molecule has 5 unspecified atom stereocenters. The molecule has 6 heteroatoms. The summed E-state index contributed by atoms with van der Waals surface area (Å²) in [4.78, 5) is 9.98. The van der Waals surface area contributed by atoms with E-state index in [0.29, 0.717) is 0 Å². The number of hydrogen-bond acceptors (Lipinski definition) is 6. The van der Waals surface area contributed by atoms with Crippen LogP contribution in [0.3, 0.4) is 0 Å². The van der Waals surface area contributed by atoms with Gasteiger partial charge in [0.15, 0.2) is 6.29 Å². The molecule has 0 bridgehead atoms. The molecule has 0 aromatic heterocycles. The smallest absolute Gasteiger partial charge is 0.151 e. The quantitative estimate of drug-likeness (QED) is 0.298. The van der Waals surface area contributed by atoms with E-state index >= 15 is 0 Å². The van der Waals surface area contributed by atoms with E-state index in [1.54, 1.807) is 0 Å². The van der Waals surface area contributed by atoms with Crippen molar-refractivity contribution in [2.45, 2.75) is 37.4 Å². The summed E-state index contributed by atoms with van der Waals surface area (Å²) in [6.07, 6.45) is -8.18. The molecule has 5 atom stereocenters. The Hall–Kier alpha value is -0.530. The van der Waals surface area contributed by atoms with Crippen molar-refractivity contribution in [2.75, 3.05) is 0 Å². The maximum atomic E-state index is 9.98. The third-order valence-corrected chi connectivity index (χ3v) is 1.68. The van der Waals surface area contributed by atoms with E-state index in [4.69, 9.17) is 25.5 Å². The van der Waals surface area contributed by atoms with Crippen LogP contribution in [0.5, 0.6) is 0 Å². The van der Waals surface area contributed by atoms with Crippen LogP contribution in [0.15, 0.2) is 0 Å². The second kappa shape index (κ2) is 5.25. The van der Waals surface area contributed by atoms with Gasteiger partial charge in [-0.25, -0.2) is 0 Å². The Morgan fingerprint density at radius 2 is 1.38 bits per heavy atom. The average Bonchev–Trinajstić information content (AvgIpc) is 2.12. The fourth-order valence-electron chi connectivity index (χ4n) is 0.770. The summed E-state index contributed by atoms with van der Waals surface area (Å²) < 4.78 is 0. The third-order valence-electron chi connectivity index (χ3n) is 1.68. The van der Waals surface area contributed by atoms with Gasteiger partial charge in [0, 0.05) is 0 Å². The first-order valence-corrected chi connectivity index (χ1v) is 3.77. The molecule has 0 saturated carbocycles. The number of carbonyl (C=O) groups excluding carboxylic acids is 1. The van der Waals surface area contributed by atoms with Gasteiger partial charge in [0.05, 0.1) is 6.10 Å². The standard InChI is InChI=1S/C7H14O6/c1-3(9)5(11)7(13)6(12)4(10)2-8/h2-7,9-13H,1H3. The van der Waals surface area contributed by atoms with E-state index in [2.05, 4.69) is 0 Å². The highest BCUT2D eigenvalue weighted by atomic mass is 16.4. The van der Waals surface area contributed by atoms with Crippen molar-refractivity contribution in [3.8, 4) is 0 Å². The van der Waals surface area contributed by atoms with Crippen LogP contribution in [-0.4, -0.2) is 62.3 Å². The molecule has 0 spiro atoms. The fourth-order valence-corrected chi connectivity index (χ4v) is 0.770. The normalized spacial score (nSPS) is 22.9. The van der Waals surface area contributed by atoms with E-state index in [-0.39, 0.29) is 6.29 Å². The Morgan fingerprint density at radius 1 is 0.923 bits per heavy atom. The molecule has 0 radical (unpaired) electrons. The molecule has 0 aromatic rings. The Bertz CT molecular complexity index is 159. The molecule has 0 heterocycles. The zero-order valence-electron chi connectivity index (χ0n) is 7.11. The van der Waals surface area contributed by atoms with Gasteiger partial charge in [-0.3, -0.25) is 0 Å². The summed E-state index contributed by atoms with van der Waals surface area (Å²) >= 11 is 0. The molecule has 6 nitrogen and oxygen atoms in total. The average molecular weight is 194 g/mol. The number of aliphatic hydroxyl groups excluding tert-OH is 5. The number of aliphatic hydroxyl groups is 5. The summed E-state index contributed by atoms with van der Waals surface area (Å²) in [6.45, 7) is 1.20. The van der Waals surface area contributed by atoms with Crippen LogP contribution in [0.25, 0.3) is 0 Å². The van der Waals surface area contributed by atoms with E-state index in [0.717, 1.165) is 0 Å². The summed E-state index contributed by atoms with van der Waals surface area (Å²) in [6, 6.07) is 0. The molecule has 0 aliphatic rings. The van der Waals surface area contributed by atoms with Gasteiger partial charge in [-0.1, -0.05) is 0 Å². The van der Waals surface area contributed by atoms with Crippen LogP contribution in [0, 0.1) is 0 Å². The SMILES string of the molecule is CC(O)C(O)C(O)C(O)C(O)C=O. The van der Waals surface area contributed by atoms with Gasteiger partial charge in [-0.15, -0.1) is 0 Å². The molecule has 78 valence electrons. The minimum absolute atomic E-state index is 0.0304. The van der Waals surface area contributed by atoms with Crippen molar-refractivity contribution in [3.63, 3.8) is 0 Å². The molecule has 0 amide bonds. The molecule has 13 heavy (non-hydrogen) atoms. The Balaban J connectivity index is 4.23. The first kappa shape index (κ1) is 12.5. The van der Waals surface area contributed by atoms with Crippen LogP contribution in [-0.2, 0) is 4.79 Å². The van der Waals surface area contributed by atoms with Crippen molar-refractivity contribution in [2.24, 2.45) is 0 Å². The lowest BCUT2D eigenvalue weighted by atomic mass is 10.0. The molecule has 0 saturated heterocycles. The first-order valence-electron chi connectivity index (χ1n) is 3.77. The van der Waals surface area contributed by atoms with Gasteiger partial charge in [0.1, 0.15) is 24.4 Å². The van der Waals surface area contributed by atoms with Crippen molar-refractivity contribution >= 4 is 6.29 Å². The minimum Gasteiger partial charge on any atom is -0.391 e. The number of aldehydes is 1. The van der Waals surface area contributed by atoms with Crippen molar-refractivity contribution in [1.82, 2.24) is 0 Å². The first-order chi connectivity index (χ1) is 5.91. The Labute approximate surface area is 75.1 Å². The summed E-state index contributed by atoms with van der Waals surface area (Å²) in [5.74, 6) is 0. The van der Waals surface area contributed by atoms with Gasteiger partial charge in [-0.05, 0) is 6.92 Å². The predicted octanol–water partition coefficient (Wildman–Crippen LogP) is -2.99. The van der Waals surface area contributed by atoms with Crippen LogP contribution in [0.1, 0.15) is 6.92 Å². The molecule has 0 aliphatic carbocycles. The van der Waals surface area contributed by atoms with Gasteiger partial charge in [-0.2, -0.15) is 0 Å². The Kier molecular flexibility index (Phi) is 5.04. The van der Waals surface area contributed by atoms with Crippen LogP contribution in [0.2, 0.25) is 0 Å². The molecule has 5 N–H and O–H groups in total. The van der Waals surface area contributed by atoms with E-state index in [9.17, 15) is 4.79 Å². The molecule has 0 rings (SSSR count). The maximum Gasteiger partial charge on any atom is 0.151 e. The van der Waals surface area contributed by atoms with Gasteiger partial charge < -0.3 is 30.3 Å². The van der Waals surface area contributed by atoms with Crippen molar-refractivity contribution in [3.05, 3.63) is 0 Å². The molecular weight excluding hydrogens is 180 g/mol. The van der Waals surface area contributed by atoms with Crippen LogP contribution < -0.4 is 0 Å². The lowest BCUT2D eigenvalue weighted by Gasteiger charge is -2.25. The monoisotopic (exact) mass is 194 g/mol. The predicted molar refractivity (Wildman–Crippen MR) is 41.8 cm³/mol. The number of carbonyl (C=O) groups is 1. The lowest BCUT2D eigenvalue weighted by Crippen LogP contribution is -2.48. The zero-order valence-corrected chi connectivity index (χ0v) is 7.11. The molecule has 0 aromatic carbocycles. The maximum absolute atomic E-state index is 9.98. The zero-order chi connectivity index (χ0) is 10.6. The summed E-state index contributed by atoms with van der Waals surface area (Å²) in [7, 11) is 0. The second-order valence-corrected chi connectivity index (χ2v) is 2.84. The highest BCUT2D eigenvalue weighted by Crippen LogP contribution is 2.06. The minimum atomic E-state index is -1.80. The highest BCUT2D eigenvalue weighted by molar-refractivity contribution is 5.56.